The zero-order chi connectivity index (χ0) is 12.3. The summed E-state index contributed by atoms with van der Waals surface area (Å²) in [4.78, 5) is 12.9. The van der Waals surface area contributed by atoms with E-state index in [1.54, 1.807) is 14.1 Å². The maximum Gasteiger partial charge on any atom is 0.296 e. The van der Waals surface area contributed by atoms with Crippen molar-refractivity contribution in [1.29, 1.82) is 0 Å². The molecule has 88 valence electrons. The van der Waals surface area contributed by atoms with Crippen molar-refractivity contribution in [2.75, 3.05) is 18.8 Å². The number of nitrogens with one attached hydrogen (secondary N) is 1. The molecule has 0 atom stereocenters. The largest absolute Gasteiger partial charge is 0.345 e. The predicted molar refractivity (Wildman–Crippen MR) is 61.2 cm³/mol. The Morgan fingerprint density at radius 2 is 1.75 bits per heavy atom. The van der Waals surface area contributed by atoms with Gasteiger partial charge in [-0.25, -0.2) is 5.14 Å². The van der Waals surface area contributed by atoms with Gasteiger partial charge >= 0.3 is 0 Å². The van der Waals surface area contributed by atoms with Crippen LogP contribution in [0.4, 0.5) is 5.69 Å². The summed E-state index contributed by atoms with van der Waals surface area (Å²) in [5.74, 6) is -0.151. The molecule has 0 unspecified atom stereocenters. The van der Waals surface area contributed by atoms with Gasteiger partial charge < -0.3 is 4.90 Å². The van der Waals surface area contributed by atoms with Crippen molar-refractivity contribution in [2.45, 2.75) is 0 Å². The van der Waals surface area contributed by atoms with Crippen molar-refractivity contribution in [3.8, 4) is 0 Å². The maximum atomic E-state index is 11.5. The highest BCUT2D eigenvalue weighted by Gasteiger charge is 2.08. The lowest BCUT2D eigenvalue weighted by atomic mass is 10.2. The first-order chi connectivity index (χ1) is 7.29. The normalized spacial score (nSPS) is 10.9. The zero-order valence-electron chi connectivity index (χ0n) is 8.97. The molecule has 3 N–H and O–H groups in total. The smallest absolute Gasteiger partial charge is 0.296 e. The fourth-order valence-corrected chi connectivity index (χ4v) is 1.57. The summed E-state index contributed by atoms with van der Waals surface area (Å²) in [6.45, 7) is 0. The molecule has 0 bridgehead atoms. The quantitative estimate of drug-likeness (QED) is 0.782. The molecule has 0 radical (unpaired) electrons. The second kappa shape index (κ2) is 4.50. The topological polar surface area (TPSA) is 92.5 Å². The summed E-state index contributed by atoms with van der Waals surface area (Å²) < 4.78 is 23.5. The van der Waals surface area contributed by atoms with E-state index in [0.29, 0.717) is 11.3 Å². The minimum Gasteiger partial charge on any atom is -0.345 e. The summed E-state index contributed by atoms with van der Waals surface area (Å²) in [6, 6.07) is 5.99. The van der Waals surface area contributed by atoms with E-state index in [1.165, 1.54) is 29.2 Å². The average Bonchev–Trinajstić information content (AvgIpc) is 2.15. The lowest BCUT2D eigenvalue weighted by Gasteiger charge is -2.10. The maximum absolute atomic E-state index is 11.5. The average molecular weight is 243 g/mol. The zero-order valence-corrected chi connectivity index (χ0v) is 9.78. The Morgan fingerprint density at radius 3 is 2.12 bits per heavy atom. The summed E-state index contributed by atoms with van der Waals surface area (Å²) >= 11 is 0. The van der Waals surface area contributed by atoms with Gasteiger partial charge in [0.25, 0.3) is 16.1 Å². The van der Waals surface area contributed by atoms with E-state index >= 15 is 0 Å². The third-order valence-corrected chi connectivity index (χ3v) is 2.32. The molecule has 0 saturated carbocycles. The second-order valence-corrected chi connectivity index (χ2v) is 4.72. The summed E-state index contributed by atoms with van der Waals surface area (Å²) in [5.41, 5.74) is 0.794. The SMILES string of the molecule is CN(C)C(=O)c1ccc(NS(N)(=O)=O)cc1. The van der Waals surface area contributed by atoms with Crippen molar-refractivity contribution in [2.24, 2.45) is 5.14 Å². The number of nitrogens with zero attached hydrogens (tertiary/aromatic N) is 1. The van der Waals surface area contributed by atoms with Gasteiger partial charge in [0.15, 0.2) is 0 Å². The van der Waals surface area contributed by atoms with E-state index in [2.05, 4.69) is 4.72 Å². The van der Waals surface area contributed by atoms with Crippen molar-refractivity contribution in [3.05, 3.63) is 29.8 Å². The monoisotopic (exact) mass is 243 g/mol. The minimum absolute atomic E-state index is 0.151. The molecule has 1 amide bonds. The number of anilines is 1. The highest BCUT2D eigenvalue weighted by Crippen LogP contribution is 2.11. The number of rotatable bonds is 3. The minimum atomic E-state index is -3.77. The first-order valence-electron chi connectivity index (χ1n) is 4.42. The van der Waals surface area contributed by atoms with Crippen LogP contribution in [0.1, 0.15) is 10.4 Å². The Balaban J connectivity index is 2.88. The van der Waals surface area contributed by atoms with Crippen LogP contribution in [0.2, 0.25) is 0 Å². The molecule has 1 rings (SSSR count). The predicted octanol–water partition coefficient (Wildman–Crippen LogP) is 0.00380. The van der Waals surface area contributed by atoms with Crippen LogP contribution in [0.25, 0.3) is 0 Å². The summed E-state index contributed by atoms with van der Waals surface area (Å²) in [7, 11) is -0.496. The molecule has 0 fully saturated rings. The van der Waals surface area contributed by atoms with Crippen molar-refractivity contribution in [3.63, 3.8) is 0 Å². The second-order valence-electron chi connectivity index (χ2n) is 3.42. The fraction of sp³-hybridized carbons (Fsp3) is 0.222. The number of hydrogen-bond acceptors (Lipinski definition) is 3. The van der Waals surface area contributed by atoms with E-state index in [1.807, 2.05) is 0 Å². The van der Waals surface area contributed by atoms with Crippen molar-refractivity contribution in [1.82, 2.24) is 4.90 Å². The Bertz CT molecular complexity index is 479. The third-order valence-electron chi connectivity index (χ3n) is 1.80. The summed E-state index contributed by atoms with van der Waals surface area (Å²) in [5, 5.41) is 4.80. The lowest BCUT2D eigenvalue weighted by Crippen LogP contribution is -2.23. The van der Waals surface area contributed by atoms with Gasteiger partial charge in [0.2, 0.25) is 0 Å². The van der Waals surface area contributed by atoms with Gasteiger partial charge in [-0.1, -0.05) is 0 Å². The molecule has 16 heavy (non-hydrogen) atoms. The lowest BCUT2D eigenvalue weighted by molar-refractivity contribution is 0.0827. The molecule has 0 heterocycles. The molecule has 0 aliphatic heterocycles. The van der Waals surface area contributed by atoms with E-state index in [9.17, 15) is 13.2 Å². The number of carbonyl (C=O) groups is 1. The molecule has 0 spiro atoms. The molecule has 0 aliphatic carbocycles. The van der Waals surface area contributed by atoms with Gasteiger partial charge in [0.1, 0.15) is 0 Å². The Kier molecular flexibility index (Phi) is 3.51. The van der Waals surface area contributed by atoms with Gasteiger partial charge in [0, 0.05) is 25.3 Å². The fourth-order valence-electron chi connectivity index (χ4n) is 1.10. The number of benzene rings is 1. The number of nitrogens with two attached hydrogens (primary N) is 1. The number of amides is 1. The van der Waals surface area contributed by atoms with E-state index in [0.717, 1.165) is 0 Å². The molecule has 0 aliphatic rings. The molecular formula is C9H13N3O3S. The van der Waals surface area contributed by atoms with Crippen LogP contribution in [0.5, 0.6) is 0 Å². The highest BCUT2D eigenvalue weighted by atomic mass is 32.2. The van der Waals surface area contributed by atoms with Crippen LogP contribution < -0.4 is 9.86 Å². The van der Waals surface area contributed by atoms with E-state index < -0.39 is 10.2 Å². The molecule has 0 saturated heterocycles. The van der Waals surface area contributed by atoms with Gasteiger partial charge in [-0.15, -0.1) is 0 Å². The number of carbonyl (C=O) groups excluding carboxylic acids is 1. The summed E-state index contributed by atoms with van der Waals surface area (Å²) in [6.07, 6.45) is 0. The van der Waals surface area contributed by atoms with Gasteiger partial charge in [0.05, 0.1) is 0 Å². The van der Waals surface area contributed by atoms with Crippen LogP contribution in [-0.4, -0.2) is 33.3 Å². The van der Waals surface area contributed by atoms with Crippen molar-refractivity contribution >= 4 is 21.8 Å². The molecule has 0 aromatic heterocycles. The van der Waals surface area contributed by atoms with Crippen LogP contribution in [0.15, 0.2) is 24.3 Å². The Morgan fingerprint density at radius 1 is 1.25 bits per heavy atom. The van der Waals surface area contributed by atoms with E-state index in [-0.39, 0.29) is 5.91 Å². The van der Waals surface area contributed by atoms with Crippen LogP contribution in [0.3, 0.4) is 0 Å². The van der Waals surface area contributed by atoms with Gasteiger partial charge in [-0.2, -0.15) is 8.42 Å². The Labute approximate surface area is 94.2 Å². The Hall–Kier alpha value is -1.60. The van der Waals surface area contributed by atoms with E-state index in [4.69, 9.17) is 5.14 Å². The standard InChI is InChI=1S/C9H13N3O3S/c1-12(2)9(13)7-3-5-8(6-4-7)11-16(10,14)15/h3-6,11H,1-2H3,(H2,10,14,15). The highest BCUT2D eigenvalue weighted by molar-refractivity contribution is 7.90. The van der Waals surface area contributed by atoms with Crippen molar-refractivity contribution < 1.29 is 13.2 Å². The molecule has 1 aromatic rings. The molecule has 1 aromatic carbocycles. The van der Waals surface area contributed by atoms with Crippen LogP contribution in [-0.2, 0) is 10.2 Å². The molecule has 7 heteroatoms. The third kappa shape index (κ3) is 3.52. The van der Waals surface area contributed by atoms with Crippen LogP contribution >= 0.6 is 0 Å². The molecule has 6 nitrogen and oxygen atoms in total. The van der Waals surface area contributed by atoms with Gasteiger partial charge in [-0.3, -0.25) is 9.52 Å². The van der Waals surface area contributed by atoms with Crippen LogP contribution in [0, 0.1) is 0 Å². The number of hydrogen-bond donors (Lipinski definition) is 2. The first-order valence-corrected chi connectivity index (χ1v) is 5.96. The molecular weight excluding hydrogens is 230 g/mol. The van der Waals surface area contributed by atoms with Gasteiger partial charge in [-0.05, 0) is 24.3 Å². The first kappa shape index (κ1) is 12.5.